The van der Waals surface area contributed by atoms with Gasteiger partial charge in [-0.3, -0.25) is 9.48 Å². The van der Waals surface area contributed by atoms with Crippen LogP contribution < -0.4 is 5.32 Å². The molecule has 0 aliphatic carbocycles. The molecule has 156 valence electrons. The van der Waals surface area contributed by atoms with Gasteiger partial charge in [0.15, 0.2) is 5.65 Å². The molecule has 3 heterocycles. The highest BCUT2D eigenvalue weighted by Gasteiger charge is 2.24. The minimum Gasteiger partial charge on any atom is -0.350 e. The van der Waals surface area contributed by atoms with Crippen LogP contribution in [0.25, 0.3) is 11.0 Å². The van der Waals surface area contributed by atoms with Crippen molar-refractivity contribution in [1.29, 1.82) is 0 Å². The van der Waals surface area contributed by atoms with Gasteiger partial charge in [-0.15, -0.1) is 0 Å². The Morgan fingerprint density at radius 1 is 1.14 bits per heavy atom. The Labute approximate surface area is 163 Å². The van der Waals surface area contributed by atoms with Gasteiger partial charge in [0.1, 0.15) is 12.2 Å². The van der Waals surface area contributed by atoms with Crippen LogP contribution in [0.5, 0.6) is 0 Å². The maximum absolute atomic E-state index is 13.4. The fourth-order valence-corrected chi connectivity index (χ4v) is 3.08. The minimum atomic E-state index is -3.02. The van der Waals surface area contributed by atoms with E-state index in [1.807, 2.05) is 20.0 Å². The Kier molecular flexibility index (Phi) is 5.85. The normalized spacial score (nSPS) is 11.8. The van der Waals surface area contributed by atoms with Crippen LogP contribution in [0.2, 0.25) is 0 Å². The number of aromatic nitrogens is 5. The second-order valence-corrected chi connectivity index (χ2v) is 6.55. The van der Waals surface area contributed by atoms with Crippen LogP contribution in [0.4, 0.5) is 17.6 Å². The van der Waals surface area contributed by atoms with Crippen molar-refractivity contribution in [1.82, 2.24) is 29.9 Å². The second-order valence-electron chi connectivity index (χ2n) is 6.55. The summed E-state index contributed by atoms with van der Waals surface area (Å²) in [6.45, 7) is 5.80. The van der Waals surface area contributed by atoms with Crippen molar-refractivity contribution < 1.29 is 22.4 Å². The topological polar surface area (TPSA) is 77.6 Å². The van der Waals surface area contributed by atoms with Crippen LogP contribution in [0.15, 0.2) is 12.3 Å². The number of hydrogen-bond acceptors (Lipinski definition) is 4. The number of alkyl halides is 4. The van der Waals surface area contributed by atoms with Crippen molar-refractivity contribution in [3.63, 3.8) is 0 Å². The monoisotopic (exact) mass is 412 g/mol. The maximum Gasteiger partial charge on any atom is 0.280 e. The molecule has 0 spiro atoms. The number of amides is 1. The van der Waals surface area contributed by atoms with Gasteiger partial charge in [0.05, 0.1) is 16.8 Å². The second kappa shape index (κ2) is 8.18. The van der Waals surface area contributed by atoms with Crippen LogP contribution in [0, 0.1) is 13.8 Å². The lowest BCUT2D eigenvalue weighted by atomic mass is 10.1. The summed E-state index contributed by atoms with van der Waals surface area (Å²) < 4.78 is 55.7. The van der Waals surface area contributed by atoms with Gasteiger partial charge >= 0.3 is 0 Å². The molecule has 29 heavy (non-hydrogen) atoms. The van der Waals surface area contributed by atoms with E-state index in [-0.39, 0.29) is 29.8 Å². The van der Waals surface area contributed by atoms with Crippen molar-refractivity contribution in [2.75, 3.05) is 0 Å². The van der Waals surface area contributed by atoms with E-state index in [0.29, 0.717) is 12.6 Å². The first-order valence-electron chi connectivity index (χ1n) is 8.95. The van der Waals surface area contributed by atoms with Gasteiger partial charge < -0.3 is 5.32 Å². The largest absolute Gasteiger partial charge is 0.350 e. The highest BCUT2D eigenvalue weighted by molar-refractivity contribution is 5.84. The number of carbonyl (C=O) groups is 1. The molecule has 1 N–H and O–H groups in total. The number of fused-ring (bicyclic) bond motifs is 1. The number of rotatable bonds is 7. The third-order valence-corrected chi connectivity index (χ3v) is 4.53. The number of aryl methyl sites for hydroxylation is 3. The maximum atomic E-state index is 13.4. The molecule has 11 heteroatoms. The van der Waals surface area contributed by atoms with Gasteiger partial charge in [-0.1, -0.05) is 0 Å². The Balaban J connectivity index is 1.85. The van der Waals surface area contributed by atoms with Gasteiger partial charge in [0.2, 0.25) is 5.91 Å². The van der Waals surface area contributed by atoms with Crippen molar-refractivity contribution in [3.8, 4) is 0 Å². The summed E-state index contributed by atoms with van der Waals surface area (Å²) in [6, 6.07) is 0.685. The van der Waals surface area contributed by atoms with Gasteiger partial charge in [-0.25, -0.2) is 27.2 Å². The van der Waals surface area contributed by atoms with E-state index in [4.69, 9.17) is 0 Å². The third-order valence-electron chi connectivity index (χ3n) is 4.53. The molecule has 3 aromatic heterocycles. The summed E-state index contributed by atoms with van der Waals surface area (Å²) in [4.78, 5) is 16.1. The molecule has 0 saturated carbocycles. The molecule has 0 aliphatic heterocycles. The standard InChI is InChI=1S/C18H20F4N6O/c1-4-27-7-11(9(2)25-27)6-23-14(29)8-28-18-15(10(3)26-28)12(16(19)20)5-13(24-18)17(21)22/h5,7,16-17H,4,6,8H2,1-3H3,(H,23,29). The molecule has 0 fully saturated rings. The Bertz CT molecular complexity index is 1040. The number of halogens is 4. The summed E-state index contributed by atoms with van der Waals surface area (Å²) in [6.07, 6.45) is -4.18. The first kappa shape index (κ1) is 20.7. The summed E-state index contributed by atoms with van der Waals surface area (Å²) in [7, 11) is 0. The van der Waals surface area contributed by atoms with E-state index in [1.54, 1.807) is 4.68 Å². The quantitative estimate of drug-likeness (QED) is 0.603. The number of nitrogens with one attached hydrogen (secondary N) is 1. The number of carbonyl (C=O) groups excluding carboxylic acids is 1. The van der Waals surface area contributed by atoms with Gasteiger partial charge in [0, 0.05) is 30.4 Å². The first-order valence-corrected chi connectivity index (χ1v) is 8.95. The van der Waals surface area contributed by atoms with E-state index < -0.39 is 30.0 Å². The average molecular weight is 412 g/mol. The van der Waals surface area contributed by atoms with Crippen LogP contribution in [-0.4, -0.2) is 30.5 Å². The van der Waals surface area contributed by atoms with E-state index >= 15 is 0 Å². The predicted octanol–water partition coefficient (Wildman–Crippen LogP) is 3.46. The molecule has 0 radical (unpaired) electrons. The predicted molar refractivity (Wildman–Crippen MR) is 96.7 cm³/mol. The fourth-order valence-electron chi connectivity index (χ4n) is 3.08. The number of pyridine rings is 1. The molecule has 0 atom stereocenters. The highest BCUT2D eigenvalue weighted by Crippen LogP contribution is 2.32. The molecular formula is C18H20F4N6O. The number of hydrogen-bond donors (Lipinski definition) is 1. The summed E-state index contributed by atoms with van der Waals surface area (Å²) in [5.74, 6) is -0.458. The molecular weight excluding hydrogens is 392 g/mol. The molecule has 0 aromatic carbocycles. The molecule has 1 amide bonds. The molecule has 3 aromatic rings. The van der Waals surface area contributed by atoms with E-state index in [9.17, 15) is 22.4 Å². The van der Waals surface area contributed by atoms with Crippen molar-refractivity contribution in [2.24, 2.45) is 0 Å². The van der Waals surface area contributed by atoms with Crippen molar-refractivity contribution >= 4 is 16.9 Å². The molecule has 0 saturated heterocycles. The Morgan fingerprint density at radius 3 is 2.45 bits per heavy atom. The van der Waals surface area contributed by atoms with Crippen LogP contribution in [-0.2, 0) is 24.4 Å². The molecule has 3 rings (SSSR count). The van der Waals surface area contributed by atoms with Crippen LogP contribution in [0.1, 0.15) is 48.0 Å². The smallest absolute Gasteiger partial charge is 0.280 e. The minimum absolute atomic E-state index is 0.0164. The first-order chi connectivity index (χ1) is 13.7. The Hall–Kier alpha value is -2.98. The molecule has 0 bridgehead atoms. The van der Waals surface area contributed by atoms with Gasteiger partial charge in [0.25, 0.3) is 12.9 Å². The lowest BCUT2D eigenvalue weighted by Crippen LogP contribution is -2.27. The Morgan fingerprint density at radius 2 is 1.86 bits per heavy atom. The van der Waals surface area contributed by atoms with Crippen molar-refractivity contribution in [2.45, 2.75) is 53.3 Å². The summed E-state index contributed by atoms with van der Waals surface area (Å²) >= 11 is 0. The van der Waals surface area contributed by atoms with Gasteiger partial charge in [-0.2, -0.15) is 10.2 Å². The highest BCUT2D eigenvalue weighted by atomic mass is 19.3. The van der Waals surface area contributed by atoms with Crippen molar-refractivity contribution in [3.05, 3.63) is 40.5 Å². The van der Waals surface area contributed by atoms with E-state index in [1.165, 1.54) is 6.92 Å². The number of nitrogens with zero attached hydrogens (tertiary/aromatic N) is 5. The summed E-state index contributed by atoms with van der Waals surface area (Å²) in [5.41, 5.74) is 0.281. The molecule has 0 aliphatic rings. The molecule has 0 unspecified atom stereocenters. The van der Waals surface area contributed by atoms with Crippen LogP contribution >= 0.6 is 0 Å². The SMILES string of the molecule is CCn1cc(CNC(=O)Cn2nc(C)c3c(C(F)F)cc(C(F)F)nc32)c(C)n1. The zero-order chi connectivity index (χ0) is 21.3. The zero-order valence-corrected chi connectivity index (χ0v) is 16.1. The summed E-state index contributed by atoms with van der Waals surface area (Å²) in [5, 5.41) is 11.0. The van der Waals surface area contributed by atoms with E-state index in [0.717, 1.165) is 15.9 Å². The third kappa shape index (κ3) is 4.22. The average Bonchev–Trinajstić information content (AvgIpc) is 3.18. The van der Waals surface area contributed by atoms with E-state index in [2.05, 4.69) is 20.5 Å². The molecule has 7 nitrogen and oxygen atoms in total. The van der Waals surface area contributed by atoms with Gasteiger partial charge in [-0.05, 0) is 26.8 Å². The zero-order valence-electron chi connectivity index (χ0n) is 16.1. The fraction of sp³-hybridized carbons (Fsp3) is 0.444. The lowest BCUT2D eigenvalue weighted by molar-refractivity contribution is -0.121. The van der Waals surface area contributed by atoms with Crippen LogP contribution in [0.3, 0.4) is 0 Å². The lowest BCUT2D eigenvalue weighted by Gasteiger charge is -2.08.